The van der Waals surface area contributed by atoms with E-state index >= 15 is 0 Å². The van der Waals surface area contributed by atoms with Crippen molar-refractivity contribution in [1.29, 1.82) is 0 Å². The highest BCUT2D eigenvalue weighted by Crippen LogP contribution is 2.46. The predicted molar refractivity (Wildman–Crippen MR) is 214 cm³/mol. The average molecular weight is 639 g/mol. The largest absolute Gasteiger partial charge is 0.135 e. The number of hydrogen-bond donors (Lipinski definition) is 0. The van der Waals surface area contributed by atoms with Crippen LogP contribution in [0.25, 0.3) is 97.0 Å². The van der Waals surface area contributed by atoms with E-state index in [1.165, 1.54) is 97.0 Å². The topological polar surface area (TPSA) is 0 Å². The molecule has 10 rings (SSSR count). The Labute approximate surface area is 289 Å². The van der Waals surface area contributed by atoms with Gasteiger partial charge in [-0.15, -0.1) is 11.3 Å². The molecule has 9 aromatic carbocycles. The molecule has 0 atom stereocenters. The van der Waals surface area contributed by atoms with Crippen LogP contribution in [0.1, 0.15) is 0 Å². The molecule has 0 saturated heterocycles. The fourth-order valence-corrected chi connectivity index (χ4v) is 9.00. The molecule has 228 valence electrons. The third-order valence-electron chi connectivity index (χ3n) is 10.0. The zero-order chi connectivity index (χ0) is 32.3. The molecule has 1 aromatic heterocycles. The first-order valence-corrected chi connectivity index (χ1v) is 17.7. The molecule has 0 radical (unpaired) electrons. The maximum Gasteiger partial charge on any atom is 0.0434 e. The lowest BCUT2D eigenvalue weighted by Gasteiger charge is -2.19. The van der Waals surface area contributed by atoms with Crippen molar-refractivity contribution in [3.8, 4) is 44.5 Å². The van der Waals surface area contributed by atoms with E-state index in [1.54, 1.807) is 0 Å². The lowest BCUT2D eigenvalue weighted by atomic mass is 9.84. The van der Waals surface area contributed by atoms with Crippen LogP contribution in [-0.4, -0.2) is 0 Å². The molecule has 0 aliphatic heterocycles. The van der Waals surface area contributed by atoms with Gasteiger partial charge in [-0.25, -0.2) is 0 Å². The van der Waals surface area contributed by atoms with Crippen LogP contribution in [0.15, 0.2) is 182 Å². The average Bonchev–Trinajstić information content (AvgIpc) is 3.57. The van der Waals surface area contributed by atoms with E-state index in [1.807, 2.05) is 11.3 Å². The normalized spacial score (nSPS) is 11.7. The maximum absolute atomic E-state index is 2.43. The molecule has 10 aromatic rings. The van der Waals surface area contributed by atoms with Crippen molar-refractivity contribution >= 4 is 63.8 Å². The van der Waals surface area contributed by atoms with Crippen molar-refractivity contribution in [3.63, 3.8) is 0 Å². The Morgan fingerprint density at radius 1 is 0.265 bits per heavy atom. The highest BCUT2D eigenvalue weighted by Gasteiger charge is 2.19. The first-order chi connectivity index (χ1) is 24.3. The Hall–Kier alpha value is -6.02. The SMILES string of the molecule is c1ccc(-c2cc(-c3ccccc3)cc(-c3c4ccccc4c(-c4ccc5ccc6c7ccccc7sc6c5c4)c4ccccc34)c2)cc1. The van der Waals surface area contributed by atoms with Crippen LogP contribution < -0.4 is 0 Å². The number of rotatable bonds is 4. The van der Waals surface area contributed by atoms with Gasteiger partial charge >= 0.3 is 0 Å². The van der Waals surface area contributed by atoms with Crippen LogP contribution in [0.3, 0.4) is 0 Å². The van der Waals surface area contributed by atoms with Crippen LogP contribution in [-0.2, 0) is 0 Å². The maximum atomic E-state index is 2.43. The second kappa shape index (κ2) is 11.3. The number of thiophene rings is 1. The smallest absolute Gasteiger partial charge is 0.0434 e. The molecular formula is C48H30S. The Morgan fingerprint density at radius 2 is 0.735 bits per heavy atom. The summed E-state index contributed by atoms with van der Waals surface area (Å²) in [6.45, 7) is 0. The van der Waals surface area contributed by atoms with Crippen LogP contribution in [0, 0.1) is 0 Å². The monoisotopic (exact) mass is 638 g/mol. The zero-order valence-corrected chi connectivity index (χ0v) is 27.5. The van der Waals surface area contributed by atoms with E-state index in [0.717, 1.165) is 0 Å². The molecule has 0 nitrogen and oxygen atoms in total. The molecule has 0 unspecified atom stereocenters. The van der Waals surface area contributed by atoms with Gasteiger partial charge in [0.15, 0.2) is 0 Å². The molecule has 1 heteroatoms. The Morgan fingerprint density at radius 3 is 1.33 bits per heavy atom. The molecular weight excluding hydrogens is 609 g/mol. The summed E-state index contributed by atoms with van der Waals surface area (Å²) in [6, 6.07) is 67.0. The Kier molecular flexibility index (Phi) is 6.47. The Bertz CT molecular complexity index is 2750. The van der Waals surface area contributed by atoms with E-state index < -0.39 is 0 Å². The van der Waals surface area contributed by atoms with Gasteiger partial charge in [-0.1, -0.05) is 152 Å². The van der Waals surface area contributed by atoms with Gasteiger partial charge in [-0.3, -0.25) is 0 Å². The summed E-state index contributed by atoms with van der Waals surface area (Å²) in [5.74, 6) is 0. The summed E-state index contributed by atoms with van der Waals surface area (Å²) >= 11 is 1.90. The van der Waals surface area contributed by atoms with E-state index in [4.69, 9.17) is 0 Å². The molecule has 0 bridgehead atoms. The van der Waals surface area contributed by atoms with Crippen LogP contribution >= 0.6 is 11.3 Å². The van der Waals surface area contributed by atoms with Crippen molar-refractivity contribution in [2.75, 3.05) is 0 Å². The molecule has 0 N–H and O–H groups in total. The summed E-state index contributed by atoms with van der Waals surface area (Å²) in [5, 5.41) is 10.3. The van der Waals surface area contributed by atoms with Gasteiger partial charge < -0.3 is 0 Å². The van der Waals surface area contributed by atoms with Crippen molar-refractivity contribution in [1.82, 2.24) is 0 Å². The molecule has 0 fully saturated rings. The fourth-order valence-electron chi connectivity index (χ4n) is 7.77. The first kappa shape index (κ1) is 28.0. The lowest BCUT2D eigenvalue weighted by molar-refractivity contribution is 1.58. The van der Waals surface area contributed by atoms with Crippen molar-refractivity contribution < 1.29 is 0 Å². The van der Waals surface area contributed by atoms with E-state index in [2.05, 4.69) is 182 Å². The van der Waals surface area contributed by atoms with Gasteiger partial charge in [0.05, 0.1) is 0 Å². The van der Waals surface area contributed by atoms with Crippen LogP contribution in [0.2, 0.25) is 0 Å². The minimum absolute atomic E-state index is 1.22. The van der Waals surface area contributed by atoms with Crippen molar-refractivity contribution in [3.05, 3.63) is 182 Å². The third-order valence-corrected chi connectivity index (χ3v) is 11.2. The molecule has 0 amide bonds. The van der Waals surface area contributed by atoms with Gasteiger partial charge in [0.25, 0.3) is 0 Å². The molecule has 0 spiro atoms. The summed E-state index contributed by atoms with van der Waals surface area (Å²) in [4.78, 5) is 0. The van der Waals surface area contributed by atoms with Crippen LogP contribution in [0.5, 0.6) is 0 Å². The van der Waals surface area contributed by atoms with Crippen molar-refractivity contribution in [2.45, 2.75) is 0 Å². The van der Waals surface area contributed by atoms with Gasteiger partial charge in [-0.05, 0) is 102 Å². The number of hydrogen-bond acceptors (Lipinski definition) is 1. The minimum atomic E-state index is 1.22. The molecule has 49 heavy (non-hydrogen) atoms. The van der Waals surface area contributed by atoms with Gasteiger partial charge in [-0.2, -0.15) is 0 Å². The Balaban J connectivity index is 1.27. The highest BCUT2D eigenvalue weighted by atomic mass is 32.1. The lowest BCUT2D eigenvalue weighted by Crippen LogP contribution is -1.92. The van der Waals surface area contributed by atoms with Gasteiger partial charge in [0.2, 0.25) is 0 Å². The number of benzene rings is 9. The standard InChI is InChI=1S/C48H30S/c1-3-13-31(14-4-1)35-27-36(32-15-5-2-6-16-32)29-37(28-35)47-41-20-9-7-18-39(41)46(40-19-8-10-21-42(40)47)34-24-23-33-25-26-43-38-17-11-12-22-45(38)49-48(43)44(33)30-34/h1-30H. The number of fused-ring (bicyclic) bond motifs is 7. The predicted octanol–water partition coefficient (Wildman–Crippen LogP) is 14.2. The molecule has 0 saturated carbocycles. The molecule has 0 aliphatic rings. The highest BCUT2D eigenvalue weighted by molar-refractivity contribution is 7.26. The molecule has 1 heterocycles. The summed E-state index contributed by atoms with van der Waals surface area (Å²) in [7, 11) is 0. The summed E-state index contributed by atoms with van der Waals surface area (Å²) in [6.07, 6.45) is 0. The fraction of sp³-hybridized carbons (Fsp3) is 0. The van der Waals surface area contributed by atoms with E-state index in [9.17, 15) is 0 Å². The van der Waals surface area contributed by atoms with E-state index in [0.29, 0.717) is 0 Å². The van der Waals surface area contributed by atoms with Gasteiger partial charge in [0.1, 0.15) is 0 Å². The minimum Gasteiger partial charge on any atom is -0.135 e. The molecule has 0 aliphatic carbocycles. The summed E-state index contributed by atoms with van der Waals surface area (Å²) in [5.41, 5.74) is 9.91. The second-order valence-electron chi connectivity index (χ2n) is 12.8. The van der Waals surface area contributed by atoms with Crippen LogP contribution in [0.4, 0.5) is 0 Å². The third kappa shape index (κ3) is 4.58. The quantitative estimate of drug-likeness (QED) is 0.168. The zero-order valence-electron chi connectivity index (χ0n) is 26.7. The van der Waals surface area contributed by atoms with E-state index in [-0.39, 0.29) is 0 Å². The summed E-state index contributed by atoms with van der Waals surface area (Å²) < 4.78 is 2.69. The van der Waals surface area contributed by atoms with Gasteiger partial charge in [0, 0.05) is 25.6 Å². The first-order valence-electron chi connectivity index (χ1n) is 16.8. The van der Waals surface area contributed by atoms with Crippen molar-refractivity contribution in [2.24, 2.45) is 0 Å². The second-order valence-corrected chi connectivity index (χ2v) is 13.9.